The van der Waals surface area contributed by atoms with Gasteiger partial charge >= 0.3 is 0 Å². The Bertz CT molecular complexity index is 4160. The molecule has 0 saturated carbocycles. The number of nitrogens with zero attached hydrogens (tertiary/aromatic N) is 2. The molecule has 0 atom stereocenters. The molecule has 0 aliphatic heterocycles. The summed E-state index contributed by atoms with van der Waals surface area (Å²) >= 11 is 1.86. The van der Waals surface area contributed by atoms with Gasteiger partial charge in [-0.3, -0.25) is 0 Å². The lowest BCUT2D eigenvalue weighted by molar-refractivity contribution is 1.18. The molecule has 0 spiro atoms. The highest BCUT2D eigenvalue weighted by Crippen LogP contribution is 2.42. The Labute approximate surface area is 366 Å². The Morgan fingerprint density at radius 1 is 0.222 bits per heavy atom. The minimum atomic E-state index is 1.16. The molecule has 0 amide bonds. The molecular weight excluding hydrogens is 781 g/mol. The molecule has 14 aromatic rings. The van der Waals surface area contributed by atoms with Crippen LogP contribution >= 0.6 is 11.3 Å². The maximum Gasteiger partial charge on any atom is 0.0541 e. The van der Waals surface area contributed by atoms with Gasteiger partial charge in [-0.25, -0.2) is 0 Å². The molecule has 0 N–H and O–H groups in total. The van der Waals surface area contributed by atoms with E-state index in [4.69, 9.17) is 0 Å². The lowest BCUT2D eigenvalue weighted by atomic mass is 9.94. The maximum atomic E-state index is 2.45. The van der Waals surface area contributed by atoms with E-state index < -0.39 is 0 Å². The van der Waals surface area contributed by atoms with Crippen LogP contribution in [-0.4, -0.2) is 9.13 Å². The summed E-state index contributed by atoms with van der Waals surface area (Å²) in [6, 6.07) is 81.0. The quantitative estimate of drug-likeness (QED) is 0.157. The van der Waals surface area contributed by atoms with Gasteiger partial charge in [-0.1, -0.05) is 140 Å². The monoisotopic (exact) mass is 816 g/mol. The summed E-state index contributed by atoms with van der Waals surface area (Å²) in [6.07, 6.45) is 0. The molecule has 0 bridgehead atoms. The summed E-state index contributed by atoms with van der Waals surface area (Å²) in [5, 5.41) is 15.4. The molecule has 292 valence electrons. The zero-order valence-corrected chi connectivity index (χ0v) is 34.9. The predicted octanol–water partition coefficient (Wildman–Crippen LogP) is 17.0. The Morgan fingerprint density at radius 3 is 1.24 bits per heavy atom. The van der Waals surface area contributed by atoms with E-state index in [1.54, 1.807) is 0 Å². The van der Waals surface area contributed by atoms with Crippen molar-refractivity contribution in [3.05, 3.63) is 218 Å². The van der Waals surface area contributed by atoms with E-state index in [1.807, 2.05) is 11.3 Å². The molecule has 0 fully saturated rings. The summed E-state index contributed by atoms with van der Waals surface area (Å²) in [6.45, 7) is 0. The van der Waals surface area contributed by atoms with E-state index in [0.29, 0.717) is 0 Å². The fourth-order valence-corrected chi connectivity index (χ4v) is 11.7. The summed E-state index contributed by atoms with van der Waals surface area (Å²) in [4.78, 5) is 0. The molecule has 0 radical (unpaired) electrons. The fraction of sp³-hybridized carbons (Fsp3) is 0. The van der Waals surface area contributed by atoms with Gasteiger partial charge in [-0.2, -0.15) is 0 Å². The second-order valence-electron chi connectivity index (χ2n) is 16.8. The first-order valence-corrected chi connectivity index (χ1v) is 22.5. The number of para-hydroxylation sites is 2. The van der Waals surface area contributed by atoms with Crippen LogP contribution in [-0.2, 0) is 0 Å². The minimum absolute atomic E-state index is 1.16. The van der Waals surface area contributed by atoms with Crippen molar-refractivity contribution in [3.8, 4) is 33.6 Å². The highest BCUT2D eigenvalue weighted by Gasteiger charge is 2.18. The van der Waals surface area contributed by atoms with Crippen LogP contribution in [0.2, 0.25) is 0 Å². The summed E-state index contributed by atoms with van der Waals surface area (Å²) in [5.41, 5.74) is 12.0. The number of aromatic nitrogens is 2. The van der Waals surface area contributed by atoms with Crippen LogP contribution in [0.5, 0.6) is 0 Å². The molecule has 2 nitrogen and oxygen atoms in total. The lowest BCUT2D eigenvalue weighted by Gasteiger charge is -2.14. The Morgan fingerprint density at radius 2 is 0.619 bits per heavy atom. The van der Waals surface area contributed by atoms with Crippen molar-refractivity contribution in [1.82, 2.24) is 9.13 Å². The zero-order chi connectivity index (χ0) is 41.2. The molecule has 63 heavy (non-hydrogen) atoms. The van der Waals surface area contributed by atoms with Gasteiger partial charge in [0.05, 0.1) is 22.1 Å². The summed E-state index contributed by atoms with van der Waals surface area (Å²) in [7, 11) is 0. The van der Waals surface area contributed by atoms with E-state index in [2.05, 4.69) is 228 Å². The molecule has 0 aliphatic carbocycles. The Kier molecular flexibility index (Phi) is 7.30. The normalized spacial score (nSPS) is 12.1. The average Bonchev–Trinajstić information content (AvgIpc) is 4.01. The number of hydrogen-bond donors (Lipinski definition) is 0. The molecule has 0 aliphatic rings. The van der Waals surface area contributed by atoms with E-state index in [0.717, 1.165) is 5.69 Å². The fourth-order valence-electron chi connectivity index (χ4n) is 10.6. The third-order valence-electron chi connectivity index (χ3n) is 13.5. The topological polar surface area (TPSA) is 9.86 Å². The predicted molar refractivity (Wildman–Crippen MR) is 271 cm³/mol. The van der Waals surface area contributed by atoms with Crippen molar-refractivity contribution in [2.45, 2.75) is 0 Å². The van der Waals surface area contributed by atoms with Crippen molar-refractivity contribution in [3.63, 3.8) is 0 Å². The second-order valence-corrected chi connectivity index (χ2v) is 17.9. The molecule has 3 aromatic heterocycles. The van der Waals surface area contributed by atoms with E-state index in [-0.39, 0.29) is 0 Å². The van der Waals surface area contributed by atoms with Crippen LogP contribution in [0.25, 0.3) is 130 Å². The average molecular weight is 817 g/mol. The van der Waals surface area contributed by atoms with Crippen molar-refractivity contribution in [2.75, 3.05) is 0 Å². The van der Waals surface area contributed by atoms with Gasteiger partial charge < -0.3 is 9.13 Å². The first-order valence-electron chi connectivity index (χ1n) is 21.7. The van der Waals surface area contributed by atoms with Crippen molar-refractivity contribution >= 4 is 107 Å². The highest BCUT2D eigenvalue weighted by atomic mass is 32.1. The number of thiophene rings is 1. The van der Waals surface area contributed by atoms with Crippen molar-refractivity contribution in [2.24, 2.45) is 0 Å². The van der Waals surface area contributed by atoms with Crippen LogP contribution in [0.1, 0.15) is 0 Å². The lowest BCUT2D eigenvalue weighted by Crippen LogP contribution is -1.94. The highest BCUT2D eigenvalue weighted by molar-refractivity contribution is 7.25. The number of fused-ring (bicyclic) bond motifs is 15. The molecular formula is C60H36N2S. The summed E-state index contributed by atoms with van der Waals surface area (Å²) in [5.74, 6) is 0. The van der Waals surface area contributed by atoms with E-state index in [9.17, 15) is 0 Å². The number of benzene rings is 11. The summed E-state index contributed by atoms with van der Waals surface area (Å²) < 4.78 is 7.53. The van der Waals surface area contributed by atoms with Gasteiger partial charge in [0.1, 0.15) is 0 Å². The number of hydrogen-bond acceptors (Lipinski definition) is 1. The third kappa shape index (κ3) is 5.12. The second kappa shape index (κ2) is 13.3. The van der Waals surface area contributed by atoms with Crippen LogP contribution in [0.4, 0.5) is 0 Å². The Balaban J connectivity index is 0.880. The van der Waals surface area contributed by atoms with Gasteiger partial charge in [0.2, 0.25) is 0 Å². The molecule has 14 rings (SSSR count). The minimum Gasteiger partial charge on any atom is -0.309 e. The smallest absolute Gasteiger partial charge is 0.0541 e. The maximum absolute atomic E-state index is 2.45. The van der Waals surface area contributed by atoms with Gasteiger partial charge in [0, 0.05) is 53.1 Å². The van der Waals surface area contributed by atoms with Crippen molar-refractivity contribution in [1.29, 1.82) is 0 Å². The van der Waals surface area contributed by atoms with Crippen molar-refractivity contribution < 1.29 is 0 Å². The molecule has 3 heteroatoms. The van der Waals surface area contributed by atoms with Gasteiger partial charge in [-0.05, 0) is 133 Å². The van der Waals surface area contributed by atoms with Crippen LogP contribution < -0.4 is 0 Å². The number of rotatable bonds is 4. The first-order chi connectivity index (χ1) is 31.2. The Hall–Kier alpha value is -7.98. The SMILES string of the molecule is c1ccc2c(c1)sc1ccc(-c3ccc(-n4c5ccccc5c5cc(-c6ccc7c(c6)c6ccccc6n7-c6ccc7c8ccccc8c8ccccc8c7c6)ccc54)cc3)cc12. The molecule has 0 unspecified atom stereocenters. The van der Waals surface area contributed by atoms with Crippen LogP contribution in [0, 0.1) is 0 Å². The molecule has 3 heterocycles. The first kappa shape index (κ1) is 34.7. The van der Waals surface area contributed by atoms with Gasteiger partial charge in [0.25, 0.3) is 0 Å². The standard InChI is InChI=1S/C60H36N2S/c1-2-13-45-43(11-1)44-12-3-4-14-46(44)51-36-42(28-29-47(45)51)62-56-19-9-6-16-49(56)53-34-40(24-31-58(53)62)39-23-30-57-52(33-39)48-15-5-8-18-55(48)61(57)41-26-21-37(22-27-41)38-25-32-60-54(35-38)50-17-7-10-20-59(50)63-60/h1-36H. The molecule has 0 saturated heterocycles. The molecule has 11 aromatic carbocycles. The van der Waals surface area contributed by atoms with E-state index >= 15 is 0 Å². The van der Waals surface area contributed by atoms with Gasteiger partial charge in [0.15, 0.2) is 0 Å². The van der Waals surface area contributed by atoms with Gasteiger partial charge in [-0.15, -0.1) is 11.3 Å². The van der Waals surface area contributed by atoms with E-state index in [1.165, 1.54) is 124 Å². The third-order valence-corrected chi connectivity index (χ3v) is 14.7. The van der Waals surface area contributed by atoms with Crippen LogP contribution in [0.3, 0.4) is 0 Å². The van der Waals surface area contributed by atoms with Crippen LogP contribution in [0.15, 0.2) is 218 Å². The largest absolute Gasteiger partial charge is 0.309 e. The zero-order valence-electron chi connectivity index (χ0n) is 34.1.